The maximum absolute atomic E-state index is 12.0. The van der Waals surface area contributed by atoms with Gasteiger partial charge in [0.2, 0.25) is 17.6 Å². The molecule has 1 saturated heterocycles. The average Bonchev–Trinajstić information content (AvgIpc) is 3.21. The fraction of sp³-hybridized carbons (Fsp3) is 0.438. The predicted molar refractivity (Wildman–Crippen MR) is 84.7 cm³/mol. The lowest BCUT2D eigenvalue weighted by Gasteiger charge is -2.33. The molecule has 0 bridgehead atoms. The van der Waals surface area contributed by atoms with Gasteiger partial charge in [-0.3, -0.25) is 10.1 Å². The molecule has 0 unspecified atom stereocenters. The highest BCUT2D eigenvalue weighted by molar-refractivity contribution is 6.07. The summed E-state index contributed by atoms with van der Waals surface area (Å²) in [5, 5.41) is 9.07. The Morgan fingerprint density at radius 1 is 1.28 bits per heavy atom. The second-order valence-corrected chi connectivity index (χ2v) is 6.31. The first-order chi connectivity index (χ1) is 12.1. The summed E-state index contributed by atoms with van der Waals surface area (Å²) in [7, 11) is 1.55. The Bertz CT molecular complexity index is 808. The van der Waals surface area contributed by atoms with Crippen LogP contribution >= 0.6 is 0 Å². The fourth-order valence-corrected chi connectivity index (χ4v) is 3.39. The van der Waals surface area contributed by atoms with Gasteiger partial charge >= 0.3 is 6.03 Å². The standard InChI is InChI=1S/C16H17N5O4/c1-24-11-3-2-10(8-17-11)12-18-13(25-21-12)9-4-6-16(7-5-9)14(22)19-15(23)20-16/h2-3,8-9H,4-7H2,1H3,(H2,19,20,22,23). The second kappa shape index (κ2) is 5.83. The van der Waals surface area contributed by atoms with Gasteiger partial charge in [0.05, 0.1) is 7.11 Å². The molecule has 25 heavy (non-hydrogen) atoms. The van der Waals surface area contributed by atoms with E-state index in [2.05, 4.69) is 25.8 Å². The summed E-state index contributed by atoms with van der Waals surface area (Å²) < 4.78 is 10.4. The zero-order valence-corrected chi connectivity index (χ0v) is 13.6. The molecule has 0 radical (unpaired) electrons. The molecule has 2 fully saturated rings. The first-order valence-corrected chi connectivity index (χ1v) is 8.07. The highest BCUT2D eigenvalue weighted by Crippen LogP contribution is 2.39. The lowest BCUT2D eigenvalue weighted by atomic mass is 9.76. The Morgan fingerprint density at radius 3 is 2.68 bits per heavy atom. The molecule has 0 aromatic carbocycles. The van der Waals surface area contributed by atoms with E-state index in [1.54, 1.807) is 19.4 Å². The quantitative estimate of drug-likeness (QED) is 0.808. The number of nitrogens with one attached hydrogen (secondary N) is 2. The zero-order chi connectivity index (χ0) is 17.4. The Labute approximate surface area is 143 Å². The lowest BCUT2D eigenvalue weighted by Crippen LogP contribution is -2.49. The zero-order valence-electron chi connectivity index (χ0n) is 13.6. The monoisotopic (exact) mass is 343 g/mol. The van der Waals surface area contributed by atoms with Crippen molar-refractivity contribution in [3.05, 3.63) is 24.2 Å². The molecular weight excluding hydrogens is 326 g/mol. The van der Waals surface area contributed by atoms with E-state index in [9.17, 15) is 9.59 Å². The van der Waals surface area contributed by atoms with Crippen LogP contribution in [0, 0.1) is 0 Å². The van der Waals surface area contributed by atoms with E-state index in [1.807, 2.05) is 6.07 Å². The third-order valence-electron chi connectivity index (χ3n) is 4.85. The Morgan fingerprint density at radius 2 is 2.08 bits per heavy atom. The highest BCUT2D eigenvalue weighted by Gasteiger charge is 2.48. The fourth-order valence-electron chi connectivity index (χ4n) is 3.39. The van der Waals surface area contributed by atoms with Crippen LogP contribution in [0.1, 0.15) is 37.5 Å². The van der Waals surface area contributed by atoms with Gasteiger partial charge < -0.3 is 14.6 Å². The first-order valence-electron chi connectivity index (χ1n) is 8.07. The van der Waals surface area contributed by atoms with E-state index in [4.69, 9.17) is 9.26 Å². The van der Waals surface area contributed by atoms with E-state index in [0.29, 0.717) is 43.3 Å². The molecular formula is C16H17N5O4. The number of urea groups is 1. The molecule has 2 aromatic rings. The minimum Gasteiger partial charge on any atom is -0.481 e. The third-order valence-corrected chi connectivity index (χ3v) is 4.85. The first kappa shape index (κ1) is 15.6. The summed E-state index contributed by atoms with van der Waals surface area (Å²) >= 11 is 0. The molecule has 1 saturated carbocycles. The van der Waals surface area contributed by atoms with E-state index in [-0.39, 0.29) is 11.8 Å². The number of imide groups is 1. The van der Waals surface area contributed by atoms with Gasteiger partial charge in [-0.15, -0.1) is 0 Å². The van der Waals surface area contributed by atoms with Crippen LogP contribution in [-0.4, -0.2) is 39.7 Å². The molecule has 130 valence electrons. The summed E-state index contributed by atoms with van der Waals surface area (Å²) in [5.74, 6) is 1.36. The SMILES string of the molecule is COc1ccc(-c2noc(C3CCC4(CC3)NC(=O)NC4=O)n2)cn1. The van der Waals surface area contributed by atoms with E-state index >= 15 is 0 Å². The highest BCUT2D eigenvalue weighted by atomic mass is 16.5. The Kier molecular flexibility index (Phi) is 3.63. The smallest absolute Gasteiger partial charge is 0.322 e. The van der Waals surface area contributed by atoms with Crippen LogP contribution in [0.5, 0.6) is 5.88 Å². The number of aromatic nitrogens is 3. The number of nitrogens with zero attached hydrogens (tertiary/aromatic N) is 3. The second-order valence-electron chi connectivity index (χ2n) is 6.31. The minimum atomic E-state index is -0.781. The van der Waals surface area contributed by atoms with Crippen LogP contribution in [-0.2, 0) is 4.79 Å². The number of carbonyl (C=O) groups is 2. The van der Waals surface area contributed by atoms with Crippen molar-refractivity contribution in [1.82, 2.24) is 25.8 Å². The maximum atomic E-state index is 12.0. The van der Waals surface area contributed by atoms with Crippen LogP contribution in [0.3, 0.4) is 0 Å². The maximum Gasteiger partial charge on any atom is 0.322 e. The molecule has 1 aliphatic carbocycles. The van der Waals surface area contributed by atoms with Crippen LogP contribution < -0.4 is 15.4 Å². The van der Waals surface area contributed by atoms with Crippen molar-refractivity contribution in [1.29, 1.82) is 0 Å². The molecule has 2 N–H and O–H groups in total. The summed E-state index contributed by atoms with van der Waals surface area (Å²) in [5.41, 5.74) is -0.0402. The van der Waals surface area contributed by atoms with Gasteiger partial charge in [-0.05, 0) is 31.7 Å². The number of hydrogen-bond acceptors (Lipinski definition) is 7. The van der Waals surface area contributed by atoms with Gasteiger partial charge in [0, 0.05) is 23.7 Å². The Balaban J connectivity index is 1.46. The number of ether oxygens (including phenoxy) is 1. The van der Waals surface area contributed by atoms with Crippen molar-refractivity contribution in [3.63, 3.8) is 0 Å². The molecule has 2 aliphatic rings. The van der Waals surface area contributed by atoms with Crippen molar-refractivity contribution < 1.29 is 18.8 Å². The largest absolute Gasteiger partial charge is 0.481 e. The molecule has 2 aromatic heterocycles. The molecule has 3 heterocycles. The van der Waals surface area contributed by atoms with Gasteiger partial charge in [0.1, 0.15) is 5.54 Å². The van der Waals surface area contributed by atoms with Crippen LogP contribution in [0.2, 0.25) is 0 Å². The number of amides is 3. The molecule has 9 heteroatoms. The predicted octanol–water partition coefficient (Wildman–Crippen LogP) is 1.38. The molecule has 3 amide bonds. The van der Waals surface area contributed by atoms with Crippen LogP contribution in [0.15, 0.2) is 22.9 Å². The summed E-state index contributed by atoms with van der Waals surface area (Å²) in [6.45, 7) is 0. The van der Waals surface area contributed by atoms with Crippen molar-refractivity contribution in [2.24, 2.45) is 0 Å². The average molecular weight is 343 g/mol. The third kappa shape index (κ3) is 2.71. The van der Waals surface area contributed by atoms with Gasteiger partial charge in [0.25, 0.3) is 5.91 Å². The lowest BCUT2D eigenvalue weighted by molar-refractivity contribution is -0.125. The summed E-state index contributed by atoms with van der Waals surface area (Å²) in [6, 6.07) is 3.13. The Hall–Kier alpha value is -2.97. The molecule has 1 aliphatic heterocycles. The molecule has 0 atom stereocenters. The number of rotatable bonds is 3. The summed E-state index contributed by atoms with van der Waals surface area (Å²) in [6.07, 6.45) is 4.11. The van der Waals surface area contributed by atoms with Crippen molar-refractivity contribution in [2.75, 3.05) is 7.11 Å². The summed E-state index contributed by atoms with van der Waals surface area (Å²) in [4.78, 5) is 32.0. The van der Waals surface area contributed by atoms with Gasteiger partial charge in [0.15, 0.2) is 0 Å². The number of methoxy groups -OCH3 is 1. The van der Waals surface area contributed by atoms with Gasteiger partial charge in [-0.1, -0.05) is 5.16 Å². The molecule has 1 spiro atoms. The number of carbonyl (C=O) groups excluding carboxylic acids is 2. The molecule has 4 rings (SSSR count). The number of hydrogen-bond donors (Lipinski definition) is 2. The van der Waals surface area contributed by atoms with Gasteiger partial charge in [-0.25, -0.2) is 9.78 Å². The van der Waals surface area contributed by atoms with Crippen molar-refractivity contribution in [2.45, 2.75) is 37.1 Å². The normalized spacial score (nSPS) is 25.7. The van der Waals surface area contributed by atoms with Crippen LogP contribution in [0.4, 0.5) is 4.79 Å². The van der Waals surface area contributed by atoms with Gasteiger partial charge in [-0.2, -0.15) is 4.98 Å². The molecule has 9 nitrogen and oxygen atoms in total. The van der Waals surface area contributed by atoms with Crippen LogP contribution in [0.25, 0.3) is 11.4 Å². The van der Waals surface area contributed by atoms with E-state index in [1.165, 1.54) is 0 Å². The topological polar surface area (TPSA) is 119 Å². The van der Waals surface area contributed by atoms with Crippen molar-refractivity contribution in [3.8, 4) is 17.3 Å². The van der Waals surface area contributed by atoms with E-state index in [0.717, 1.165) is 5.56 Å². The van der Waals surface area contributed by atoms with E-state index < -0.39 is 11.6 Å². The minimum absolute atomic E-state index is 0.0726. The van der Waals surface area contributed by atoms with Crippen molar-refractivity contribution >= 4 is 11.9 Å². The number of pyridine rings is 1.